The van der Waals surface area contributed by atoms with Crippen LogP contribution in [0, 0.1) is 6.92 Å². The Labute approximate surface area is 153 Å². The predicted molar refractivity (Wildman–Crippen MR) is 101 cm³/mol. The molecule has 26 heavy (non-hydrogen) atoms. The number of amides is 1. The molecule has 3 rings (SSSR count). The standard InChI is InChI=1S/C21H22N2O3/c1-5-17-14(2)23(22-21(24)15-9-7-6-8-10-15)13-16-11-19(25-3)20(26-4)12-18(16)17/h6-13H,5H2,1-4H3/p+1. The number of pyridine rings is 1. The highest BCUT2D eigenvalue weighted by Crippen LogP contribution is 2.33. The first kappa shape index (κ1) is 17.7. The van der Waals surface area contributed by atoms with E-state index in [0.717, 1.165) is 28.5 Å². The Balaban J connectivity index is 2.11. The normalized spacial score (nSPS) is 10.6. The van der Waals surface area contributed by atoms with Crippen LogP contribution in [-0.4, -0.2) is 20.1 Å². The van der Waals surface area contributed by atoms with Crippen molar-refractivity contribution in [1.29, 1.82) is 0 Å². The van der Waals surface area contributed by atoms with E-state index in [2.05, 4.69) is 12.3 Å². The molecular formula is C21H23N2O3+. The van der Waals surface area contributed by atoms with Crippen molar-refractivity contribution in [2.24, 2.45) is 0 Å². The molecule has 5 nitrogen and oxygen atoms in total. The molecule has 0 unspecified atom stereocenters. The minimum atomic E-state index is -0.152. The van der Waals surface area contributed by atoms with Crippen molar-refractivity contribution in [3.63, 3.8) is 0 Å². The van der Waals surface area contributed by atoms with Gasteiger partial charge in [-0.1, -0.05) is 29.8 Å². The van der Waals surface area contributed by atoms with Crippen molar-refractivity contribution in [2.75, 3.05) is 19.6 Å². The van der Waals surface area contributed by atoms with Crippen LogP contribution in [0.3, 0.4) is 0 Å². The SMILES string of the molecule is CCc1c(C)[n+](NC(=O)c2ccccc2)cc2cc(OC)c(OC)cc12. The number of methoxy groups -OCH3 is 2. The van der Waals surface area contributed by atoms with Crippen molar-refractivity contribution in [1.82, 2.24) is 0 Å². The topological polar surface area (TPSA) is 51.4 Å². The van der Waals surface area contributed by atoms with Gasteiger partial charge in [0.15, 0.2) is 11.5 Å². The fourth-order valence-electron chi connectivity index (χ4n) is 3.16. The van der Waals surface area contributed by atoms with Crippen LogP contribution in [0.4, 0.5) is 0 Å². The molecule has 0 aliphatic carbocycles. The molecule has 134 valence electrons. The van der Waals surface area contributed by atoms with Gasteiger partial charge in [0.05, 0.1) is 19.6 Å². The molecule has 0 radical (unpaired) electrons. The van der Waals surface area contributed by atoms with Crippen LogP contribution in [0.1, 0.15) is 28.5 Å². The number of nitrogens with one attached hydrogen (secondary N) is 1. The van der Waals surface area contributed by atoms with Gasteiger partial charge in [-0.3, -0.25) is 4.79 Å². The molecule has 1 aromatic heterocycles. The molecule has 0 spiro atoms. The zero-order valence-corrected chi connectivity index (χ0v) is 15.5. The molecule has 0 aliphatic heterocycles. The van der Waals surface area contributed by atoms with E-state index in [4.69, 9.17) is 9.47 Å². The first-order valence-corrected chi connectivity index (χ1v) is 8.55. The Morgan fingerprint density at radius 2 is 1.73 bits per heavy atom. The highest BCUT2D eigenvalue weighted by atomic mass is 16.5. The first-order valence-electron chi connectivity index (χ1n) is 8.55. The molecule has 0 atom stereocenters. The summed E-state index contributed by atoms with van der Waals surface area (Å²) in [6.07, 6.45) is 2.74. The number of carbonyl (C=O) groups is 1. The van der Waals surface area contributed by atoms with Crippen LogP contribution in [0.2, 0.25) is 0 Å². The lowest BCUT2D eigenvalue weighted by Gasteiger charge is -2.12. The number of fused-ring (bicyclic) bond motifs is 1. The summed E-state index contributed by atoms with van der Waals surface area (Å²) in [5.74, 6) is 1.20. The fraction of sp³-hybridized carbons (Fsp3) is 0.238. The largest absolute Gasteiger partial charge is 0.493 e. The second-order valence-electron chi connectivity index (χ2n) is 6.02. The molecule has 1 N–H and O–H groups in total. The number of hydrogen-bond donors (Lipinski definition) is 1. The van der Waals surface area contributed by atoms with E-state index >= 15 is 0 Å². The van der Waals surface area contributed by atoms with Crippen LogP contribution in [0.5, 0.6) is 11.5 Å². The lowest BCUT2D eigenvalue weighted by atomic mass is 10.0. The average molecular weight is 351 g/mol. The number of aromatic nitrogens is 1. The van der Waals surface area contributed by atoms with Gasteiger partial charge in [-0.15, -0.1) is 5.43 Å². The van der Waals surface area contributed by atoms with Gasteiger partial charge >= 0.3 is 5.91 Å². The maximum atomic E-state index is 12.5. The number of hydrogen-bond acceptors (Lipinski definition) is 3. The number of carbonyl (C=O) groups excluding carboxylic acids is 1. The van der Waals surface area contributed by atoms with Crippen LogP contribution in [0.15, 0.2) is 48.7 Å². The molecule has 1 heterocycles. The summed E-state index contributed by atoms with van der Waals surface area (Å²) < 4.78 is 12.6. The summed E-state index contributed by atoms with van der Waals surface area (Å²) in [7, 11) is 3.25. The van der Waals surface area contributed by atoms with Crippen molar-refractivity contribution in [3.05, 3.63) is 65.5 Å². The quantitative estimate of drug-likeness (QED) is 0.717. The van der Waals surface area contributed by atoms with Gasteiger partial charge in [0.1, 0.15) is 0 Å². The Kier molecular flexibility index (Phi) is 5.07. The van der Waals surface area contributed by atoms with E-state index in [-0.39, 0.29) is 5.91 Å². The molecule has 0 aliphatic rings. The highest BCUT2D eigenvalue weighted by Gasteiger charge is 2.21. The number of nitrogens with zero attached hydrogens (tertiary/aromatic N) is 1. The monoisotopic (exact) mass is 351 g/mol. The van der Waals surface area contributed by atoms with Crippen molar-refractivity contribution >= 4 is 16.7 Å². The molecule has 2 aromatic carbocycles. The van der Waals surface area contributed by atoms with Crippen LogP contribution in [0.25, 0.3) is 10.8 Å². The third-order valence-electron chi connectivity index (χ3n) is 4.56. The number of benzene rings is 2. The van der Waals surface area contributed by atoms with Crippen molar-refractivity contribution < 1.29 is 18.9 Å². The van der Waals surface area contributed by atoms with Gasteiger partial charge in [0, 0.05) is 23.4 Å². The Bertz CT molecular complexity index is 953. The smallest absolute Gasteiger partial charge is 0.305 e. The zero-order valence-electron chi connectivity index (χ0n) is 15.5. The second kappa shape index (κ2) is 7.44. The summed E-state index contributed by atoms with van der Waals surface area (Å²) in [6.45, 7) is 4.10. The minimum Gasteiger partial charge on any atom is -0.493 e. The minimum absolute atomic E-state index is 0.152. The maximum absolute atomic E-state index is 12.5. The van der Waals surface area contributed by atoms with Crippen LogP contribution < -0.4 is 19.6 Å². The van der Waals surface area contributed by atoms with Crippen LogP contribution >= 0.6 is 0 Å². The summed E-state index contributed by atoms with van der Waals surface area (Å²) in [5, 5.41) is 2.06. The number of rotatable bonds is 5. The Hall–Kier alpha value is -3.08. The molecule has 1 amide bonds. The zero-order chi connectivity index (χ0) is 18.7. The van der Waals surface area contributed by atoms with Gasteiger partial charge in [-0.05, 0) is 30.7 Å². The fourth-order valence-corrected chi connectivity index (χ4v) is 3.16. The van der Waals surface area contributed by atoms with E-state index < -0.39 is 0 Å². The predicted octanol–water partition coefficient (Wildman–Crippen LogP) is 3.40. The van der Waals surface area contributed by atoms with Crippen molar-refractivity contribution in [2.45, 2.75) is 20.3 Å². The van der Waals surface area contributed by atoms with Gasteiger partial charge in [0.25, 0.3) is 0 Å². The first-order chi connectivity index (χ1) is 12.6. The van der Waals surface area contributed by atoms with Gasteiger partial charge in [0.2, 0.25) is 11.9 Å². The highest BCUT2D eigenvalue weighted by molar-refractivity contribution is 5.98. The summed E-state index contributed by atoms with van der Waals surface area (Å²) in [4.78, 5) is 12.5. The number of aryl methyl sites for hydroxylation is 1. The van der Waals surface area contributed by atoms with Gasteiger partial charge in [-0.25, -0.2) is 0 Å². The molecule has 0 saturated heterocycles. The lowest BCUT2D eigenvalue weighted by molar-refractivity contribution is -0.646. The molecular weight excluding hydrogens is 328 g/mol. The summed E-state index contributed by atoms with van der Waals surface area (Å²) >= 11 is 0. The van der Waals surface area contributed by atoms with Gasteiger partial charge < -0.3 is 9.47 Å². The molecule has 0 fully saturated rings. The van der Waals surface area contributed by atoms with Gasteiger partial charge in [-0.2, -0.15) is 0 Å². The van der Waals surface area contributed by atoms with E-state index in [9.17, 15) is 4.79 Å². The Morgan fingerprint density at radius 1 is 1.08 bits per heavy atom. The third kappa shape index (κ3) is 3.20. The lowest BCUT2D eigenvalue weighted by Crippen LogP contribution is -2.51. The van der Waals surface area contributed by atoms with E-state index in [1.165, 1.54) is 0 Å². The Morgan fingerprint density at radius 3 is 2.35 bits per heavy atom. The molecule has 0 bridgehead atoms. The van der Waals surface area contributed by atoms with Crippen molar-refractivity contribution in [3.8, 4) is 11.5 Å². The average Bonchev–Trinajstić information content (AvgIpc) is 2.68. The third-order valence-corrected chi connectivity index (χ3v) is 4.56. The number of ether oxygens (including phenoxy) is 2. The summed E-state index contributed by atoms with van der Waals surface area (Å²) in [5.41, 5.74) is 5.71. The molecule has 0 saturated carbocycles. The van der Waals surface area contributed by atoms with Crippen LogP contribution in [-0.2, 0) is 6.42 Å². The maximum Gasteiger partial charge on any atom is 0.305 e. The van der Waals surface area contributed by atoms with E-state index in [1.807, 2.05) is 43.5 Å². The molecule has 5 heteroatoms. The van der Waals surface area contributed by atoms with E-state index in [1.54, 1.807) is 31.0 Å². The second-order valence-corrected chi connectivity index (χ2v) is 6.02. The molecule has 3 aromatic rings. The van der Waals surface area contributed by atoms with E-state index in [0.29, 0.717) is 17.1 Å². The summed E-state index contributed by atoms with van der Waals surface area (Å²) in [6, 6.07) is 13.1.